The number of hydrogen-bond acceptors (Lipinski definition) is 9. The molecule has 2 unspecified atom stereocenters. The summed E-state index contributed by atoms with van der Waals surface area (Å²) in [5.74, 6) is 0.452. The highest BCUT2D eigenvalue weighted by atomic mass is 32.2. The van der Waals surface area contributed by atoms with Crippen LogP contribution in [0.1, 0.15) is 58.6 Å². The summed E-state index contributed by atoms with van der Waals surface area (Å²) in [7, 11) is 3.14. The average molecular weight is 530 g/mol. The minimum Gasteiger partial charge on any atom is -0.493 e. The Labute approximate surface area is 222 Å². The fourth-order valence-corrected chi connectivity index (χ4v) is 5.61. The fourth-order valence-electron chi connectivity index (χ4n) is 4.65. The Morgan fingerprint density at radius 2 is 2.03 bits per heavy atom. The van der Waals surface area contributed by atoms with Crippen molar-refractivity contribution in [2.24, 2.45) is 4.99 Å². The molecule has 0 saturated carbocycles. The van der Waals surface area contributed by atoms with Gasteiger partial charge >= 0.3 is 5.97 Å². The van der Waals surface area contributed by atoms with Crippen LogP contribution >= 0.6 is 11.8 Å². The summed E-state index contributed by atoms with van der Waals surface area (Å²) in [6, 6.07) is 4.92. The maximum atomic E-state index is 13.6. The van der Waals surface area contributed by atoms with Crippen molar-refractivity contribution in [3.63, 3.8) is 0 Å². The molecule has 1 aromatic carbocycles. The van der Waals surface area contributed by atoms with Gasteiger partial charge in [-0.3, -0.25) is 4.79 Å². The number of nitrogens with one attached hydrogen (secondary N) is 1. The number of carbonyl (C=O) groups excluding carboxylic acids is 2. The van der Waals surface area contributed by atoms with E-state index in [1.807, 2.05) is 43.2 Å². The Morgan fingerprint density at radius 1 is 1.24 bits per heavy atom. The van der Waals surface area contributed by atoms with Crippen molar-refractivity contribution in [3.05, 3.63) is 46.1 Å². The second kappa shape index (κ2) is 11.2. The van der Waals surface area contributed by atoms with Gasteiger partial charge in [0.05, 0.1) is 44.1 Å². The lowest BCUT2D eigenvalue weighted by Crippen LogP contribution is -2.40. The standard InChI is InChI=1S/C27H35N3O6S/c1-16-22(25(32)36-27(2,3)4)23(19-10-7-11-20(33-5)24(19)34-6)30-17(15-37-26(30)29-16)13-21(31)28-14-18-9-8-12-35-18/h7,10-11,15,18,23H,8-9,12-14H2,1-6H3,(H,28,31). The Balaban J connectivity index is 1.71. The Kier molecular flexibility index (Phi) is 8.18. The summed E-state index contributed by atoms with van der Waals surface area (Å²) in [6.45, 7) is 8.50. The highest BCUT2D eigenvalue weighted by Crippen LogP contribution is 2.48. The quantitative estimate of drug-likeness (QED) is 0.498. The number of carbonyl (C=O) groups is 2. The van der Waals surface area contributed by atoms with Crippen LogP contribution in [0.4, 0.5) is 0 Å². The van der Waals surface area contributed by atoms with Crippen LogP contribution < -0.4 is 14.8 Å². The molecule has 0 spiro atoms. The predicted molar refractivity (Wildman–Crippen MR) is 142 cm³/mol. The number of amidine groups is 1. The molecule has 1 saturated heterocycles. The zero-order valence-electron chi connectivity index (χ0n) is 22.3. The highest BCUT2D eigenvalue weighted by Gasteiger charge is 2.43. The Bertz CT molecular complexity index is 1150. The summed E-state index contributed by atoms with van der Waals surface area (Å²) < 4.78 is 22.7. The smallest absolute Gasteiger partial charge is 0.338 e. The number of esters is 1. The minimum absolute atomic E-state index is 0.0566. The molecular formula is C27H35N3O6S. The van der Waals surface area contributed by atoms with Gasteiger partial charge in [-0.05, 0) is 52.0 Å². The molecule has 9 nitrogen and oxygen atoms in total. The van der Waals surface area contributed by atoms with Crippen molar-refractivity contribution in [2.45, 2.75) is 64.7 Å². The van der Waals surface area contributed by atoms with Crippen molar-refractivity contribution in [2.75, 3.05) is 27.4 Å². The van der Waals surface area contributed by atoms with Crippen molar-refractivity contribution >= 4 is 28.8 Å². The van der Waals surface area contributed by atoms with Crippen LogP contribution in [0.25, 0.3) is 0 Å². The molecule has 37 heavy (non-hydrogen) atoms. The van der Waals surface area contributed by atoms with E-state index in [4.69, 9.17) is 23.9 Å². The van der Waals surface area contributed by atoms with E-state index in [1.165, 1.54) is 11.8 Å². The van der Waals surface area contributed by atoms with Gasteiger partial charge in [0.2, 0.25) is 5.91 Å². The van der Waals surface area contributed by atoms with Gasteiger partial charge in [-0.15, -0.1) is 0 Å². The number of amides is 1. The molecule has 1 amide bonds. The first-order valence-electron chi connectivity index (χ1n) is 12.4. The van der Waals surface area contributed by atoms with Gasteiger partial charge in [0, 0.05) is 24.4 Å². The molecule has 200 valence electrons. The number of hydrogen-bond donors (Lipinski definition) is 1. The van der Waals surface area contributed by atoms with Crippen LogP contribution in [0.15, 0.2) is 45.6 Å². The molecule has 2 atom stereocenters. The molecule has 1 fully saturated rings. The second-order valence-corrected chi connectivity index (χ2v) is 10.9. The molecule has 1 N–H and O–H groups in total. The normalized spacial score (nSPS) is 21.3. The summed E-state index contributed by atoms with van der Waals surface area (Å²) in [5, 5.41) is 5.58. The molecule has 3 aliphatic rings. The number of thioether (sulfide) groups is 1. The summed E-state index contributed by atoms with van der Waals surface area (Å²) in [4.78, 5) is 33.2. The van der Waals surface area contributed by atoms with E-state index in [9.17, 15) is 9.59 Å². The molecule has 3 heterocycles. The lowest BCUT2D eigenvalue weighted by molar-refractivity contribution is -0.150. The largest absolute Gasteiger partial charge is 0.493 e. The van der Waals surface area contributed by atoms with Crippen LogP contribution in [-0.2, 0) is 19.1 Å². The van der Waals surface area contributed by atoms with Crippen molar-refractivity contribution in [1.29, 1.82) is 0 Å². The number of allylic oxidation sites excluding steroid dienone is 1. The number of rotatable bonds is 8. The van der Waals surface area contributed by atoms with Crippen LogP contribution in [0, 0.1) is 0 Å². The van der Waals surface area contributed by atoms with Gasteiger partial charge in [-0.25, -0.2) is 9.79 Å². The number of nitrogens with zero attached hydrogens (tertiary/aromatic N) is 2. The van der Waals surface area contributed by atoms with E-state index in [-0.39, 0.29) is 18.4 Å². The summed E-state index contributed by atoms with van der Waals surface area (Å²) >= 11 is 1.42. The molecule has 3 aliphatic heterocycles. The van der Waals surface area contributed by atoms with Crippen molar-refractivity contribution < 1.29 is 28.5 Å². The number of ether oxygens (including phenoxy) is 4. The van der Waals surface area contributed by atoms with Gasteiger partial charge in [0.15, 0.2) is 16.7 Å². The number of para-hydroxylation sites is 1. The molecular weight excluding hydrogens is 494 g/mol. The van der Waals surface area contributed by atoms with E-state index in [2.05, 4.69) is 5.32 Å². The number of benzene rings is 1. The topological polar surface area (TPSA) is 98.7 Å². The Hall–Kier alpha value is -2.98. The molecule has 4 rings (SSSR count). The van der Waals surface area contributed by atoms with E-state index in [1.54, 1.807) is 27.2 Å². The maximum Gasteiger partial charge on any atom is 0.338 e. The summed E-state index contributed by atoms with van der Waals surface area (Å²) in [6.07, 6.45) is 2.14. The number of methoxy groups -OCH3 is 2. The molecule has 0 radical (unpaired) electrons. The van der Waals surface area contributed by atoms with Gasteiger partial charge in [-0.1, -0.05) is 23.9 Å². The van der Waals surface area contributed by atoms with Crippen LogP contribution in [0.2, 0.25) is 0 Å². The van der Waals surface area contributed by atoms with E-state index < -0.39 is 17.6 Å². The summed E-state index contributed by atoms with van der Waals surface area (Å²) in [5.41, 5.74) is 1.69. The van der Waals surface area contributed by atoms with Gasteiger partial charge in [0.1, 0.15) is 5.60 Å². The first-order chi connectivity index (χ1) is 17.6. The van der Waals surface area contributed by atoms with Gasteiger partial charge in [-0.2, -0.15) is 0 Å². The fraction of sp³-hybridized carbons (Fsp3) is 0.519. The molecule has 1 aromatic rings. The van der Waals surface area contributed by atoms with Gasteiger partial charge in [0.25, 0.3) is 0 Å². The SMILES string of the molecule is COc1cccc(C2C(C(=O)OC(C)(C)C)=C(C)N=C3SC=C(CC(=O)NCC4CCCO4)N32)c1OC. The third-order valence-electron chi connectivity index (χ3n) is 6.24. The van der Waals surface area contributed by atoms with E-state index in [0.29, 0.717) is 40.0 Å². The first kappa shape index (κ1) is 27.1. The highest BCUT2D eigenvalue weighted by molar-refractivity contribution is 8.16. The van der Waals surface area contributed by atoms with Crippen molar-refractivity contribution in [3.8, 4) is 11.5 Å². The van der Waals surface area contributed by atoms with Crippen LogP contribution in [0.3, 0.4) is 0 Å². The third-order valence-corrected chi connectivity index (χ3v) is 7.13. The maximum absolute atomic E-state index is 13.6. The molecule has 0 aliphatic carbocycles. The third kappa shape index (κ3) is 5.96. The van der Waals surface area contributed by atoms with Crippen molar-refractivity contribution in [1.82, 2.24) is 10.2 Å². The van der Waals surface area contributed by atoms with E-state index >= 15 is 0 Å². The van der Waals surface area contributed by atoms with Crippen LogP contribution in [-0.4, -0.2) is 61.0 Å². The lowest BCUT2D eigenvalue weighted by Gasteiger charge is -2.37. The Morgan fingerprint density at radius 3 is 2.68 bits per heavy atom. The monoisotopic (exact) mass is 529 g/mol. The zero-order valence-corrected chi connectivity index (χ0v) is 23.1. The molecule has 0 aromatic heterocycles. The minimum atomic E-state index is -0.696. The molecule has 0 bridgehead atoms. The zero-order chi connectivity index (χ0) is 26.7. The first-order valence-corrected chi connectivity index (χ1v) is 13.3. The van der Waals surface area contributed by atoms with Gasteiger partial charge < -0.3 is 29.2 Å². The second-order valence-electron chi connectivity index (χ2n) is 10.1. The number of aliphatic imine (C=N–C) groups is 1. The molecule has 10 heteroatoms. The number of fused-ring (bicyclic) bond motifs is 1. The predicted octanol–water partition coefficient (Wildman–Crippen LogP) is 4.31. The average Bonchev–Trinajstić information content (AvgIpc) is 3.50. The van der Waals surface area contributed by atoms with Crippen LogP contribution in [0.5, 0.6) is 11.5 Å². The van der Waals surface area contributed by atoms with E-state index in [0.717, 1.165) is 25.1 Å². The lowest BCUT2D eigenvalue weighted by atomic mass is 9.92.